The molecule has 3 heterocycles. The van der Waals surface area contributed by atoms with Crippen molar-refractivity contribution < 1.29 is 0 Å². The van der Waals surface area contributed by atoms with Gasteiger partial charge in [0.2, 0.25) is 0 Å². The number of rotatable bonds is 8. The van der Waals surface area contributed by atoms with Crippen molar-refractivity contribution in [3.05, 3.63) is 34.0 Å². The van der Waals surface area contributed by atoms with E-state index in [-0.39, 0.29) is 24.0 Å². The summed E-state index contributed by atoms with van der Waals surface area (Å²) in [4.78, 5) is 8.78. The molecular formula is C18H30IN7S. The topological polar surface area (TPSA) is 70.4 Å². The van der Waals surface area contributed by atoms with Crippen LogP contribution in [0.4, 0.5) is 0 Å². The van der Waals surface area contributed by atoms with E-state index in [0.717, 1.165) is 64.0 Å². The van der Waals surface area contributed by atoms with Gasteiger partial charge in [-0.1, -0.05) is 6.92 Å². The summed E-state index contributed by atoms with van der Waals surface area (Å²) in [5.41, 5.74) is 1.50. The normalized spacial score (nSPS) is 14.5. The number of aryl methyl sites for hydroxylation is 1. The largest absolute Gasteiger partial charge is 0.357 e. The molecule has 0 spiro atoms. The summed E-state index contributed by atoms with van der Waals surface area (Å²) >= 11 is 1.89. The average molecular weight is 503 g/mol. The van der Waals surface area contributed by atoms with Gasteiger partial charge in [-0.15, -0.1) is 45.5 Å². The smallest absolute Gasteiger partial charge is 0.191 e. The van der Waals surface area contributed by atoms with Crippen molar-refractivity contribution in [1.29, 1.82) is 0 Å². The molecule has 0 saturated heterocycles. The quantitative estimate of drug-likeness (QED) is 0.328. The molecule has 0 aromatic carbocycles. The van der Waals surface area contributed by atoms with Gasteiger partial charge in [0, 0.05) is 50.6 Å². The highest BCUT2D eigenvalue weighted by Gasteiger charge is 2.16. The van der Waals surface area contributed by atoms with Crippen molar-refractivity contribution in [2.75, 3.05) is 32.7 Å². The van der Waals surface area contributed by atoms with Gasteiger partial charge in [0.1, 0.15) is 12.2 Å². The third kappa shape index (κ3) is 6.42. The Bertz CT molecular complexity index is 712. The molecule has 150 valence electrons. The predicted molar refractivity (Wildman–Crippen MR) is 122 cm³/mol. The first-order valence-electron chi connectivity index (χ1n) is 9.46. The van der Waals surface area contributed by atoms with Gasteiger partial charge in [0.05, 0.1) is 6.54 Å². The lowest BCUT2D eigenvalue weighted by Gasteiger charge is -2.26. The van der Waals surface area contributed by atoms with Crippen molar-refractivity contribution in [3.8, 4) is 0 Å². The van der Waals surface area contributed by atoms with Crippen LogP contribution < -0.4 is 10.6 Å². The summed E-state index contributed by atoms with van der Waals surface area (Å²) < 4.78 is 2.09. The Morgan fingerprint density at radius 1 is 1.30 bits per heavy atom. The first kappa shape index (κ1) is 22.1. The highest BCUT2D eigenvalue weighted by Crippen LogP contribution is 2.23. The molecule has 2 aromatic rings. The number of nitrogens with one attached hydrogen (secondary N) is 2. The highest BCUT2D eigenvalue weighted by molar-refractivity contribution is 14.0. The van der Waals surface area contributed by atoms with Crippen LogP contribution in [0.3, 0.4) is 0 Å². The fourth-order valence-electron chi connectivity index (χ4n) is 3.18. The number of hydrogen-bond donors (Lipinski definition) is 2. The Morgan fingerprint density at radius 3 is 3.00 bits per heavy atom. The number of aliphatic imine (C=N–C) groups is 1. The maximum Gasteiger partial charge on any atom is 0.191 e. The molecule has 0 amide bonds. The lowest BCUT2D eigenvalue weighted by atomic mass is 10.1. The SMILES string of the molecule is CCNC(=NCCN1CCc2sccc2C1)NCCn1cnnc1CC.I. The number of thiophene rings is 1. The van der Waals surface area contributed by atoms with Crippen LogP contribution in [0.25, 0.3) is 0 Å². The maximum absolute atomic E-state index is 4.73. The van der Waals surface area contributed by atoms with Crippen LogP contribution in [-0.4, -0.2) is 58.3 Å². The molecule has 0 saturated carbocycles. The highest BCUT2D eigenvalue weighted by atomic mass is 127. The minimum atomic E-state index is 0. The molecule has 0 aliphatic carbocycles. The Hall–Kier alpha value is -1.20. The minimum absolute atomic E-state index is 0. The second-order valence-electron chi connectivity index (χ2n) is 6.38. The third-order valence-electron chi connectivity index (χ3n) is 4.57. The van der Waals surface area contributed by atoms with E-state index in [1.807, 2.05) is 11.3 Å². The fourth-order valence-corrected chi connectivity index (χ4v) is 4.07. The fraction of sp³-hybridized carbons (Fsp3) is 0.611. The number of guanidine groups is 1. The van der Waals surface area contributed by atoms with Crippen LogP contribution in [0.5, 0.6) is 0 Å². The molecule has 0 unspecified atom stereocenters. The van der Waals surface area contributed by atoms with Gasteiger partial charge in [-0.25, -0.2) is 0 Å². The van der Waals surface area contributed by atoms with Crippen molar-refractivity contribution in [1.82, 2.24) is 30.3 Å². The van der Waals surface area contributed by atoms with Crippen LogP contribution in [-0.2, 0) is 25.9 Å². The summed E-state index contributed by atoms with van der Waals surface area (Å²) in [6.07, 6.45) is 3.86. The van der Waals surface area contributed by atoms with Gasteiger partial charge in [0.25, 0.3) is 0 Å². The van der Waals surface area contributed by atoms with Crippen LogP contribution in [0.15, 0.2) is 22.8 Å². The second kappa shape index (κ2) is 11.6. The van der Waals surface area contributed by atoms with Crippen LogP contribution in [0, 0.1) is 0 Å². The van der Waals surface area contributed by atoms with Crippen molar-refractivity contribution in [2.45, 2.75) is 39.8 Å². The minimum Gasteiger partial charge on any atom is -0.357 e. The van der Waals surface area contributed by atoms with Gasteiger partial charge in [-0.3, -0.25) is 9.89 Å². The zero-order valence-corrected chi connectivity index (χ0v) is 19.3. The lowest BCUT2D eigenvalue weighted by Crippen LogP contribution is -2.39. The molecule has 27 heavy (non-hydrogen) atoms. The number of halogens is 1. The Kier molecular flexibility index (Phi) is 9.49. The van der Waals surface area contributed by atoms with E-state index >= 15 is 0 Å². The first-order valence-corrected chi connectivity index (χ1v) is 10.3. The molecule has 0 radical (unpaired) electrons. The molecule has 1 aliphatic heterocycles. The number of fused-ring (bicyclic) bond motifs is 1. The first-order chi connectivity index (χ1) is 12.8. The lowest BCUT2D eigenvalue weighted by molar-refractivity contribution is 0.263. The molecule has 0 bridgehead atoms. The predicted octanol–water partition coefficient (Wildman–Crippen LogP) is 2.13. The zero-order chi connectivity index (χ0) is 18.2. The number of nitrogens with zero attached hydrogens (tertiary/aromatic N) is 5. The molecule has 2 aromatic heterocycles. The Balaban J connectivity index is 0.00000261. The van der Waals surface area contributed by atoms with E-state index in [1.165, 1.54) is 12.0 Å². The van der Waals surface area contributed by atoms with Crippen molar-refractivity contribution in [3.63, 3.8) is 0 Å². The van der Waals surface area contributed by atoms with Gasteiger partial charge >= 0.3 is 0 Å². The van der Waals surface area contributed by atoms with Gasteiger partial charge in [-0.2, -0.15) is 0 Å². The molecule has 2 N–H and O–H groups in total. The van der Waals surface area contributed by atoms with Gasteiger partial charge in [-0.05, 0) is 30.4 Å². The molecule has 0 atom stereocenters. The number of aromatic nitrogens is 3. The van der Waals surface area contributed by atoms with Gasteiger partial charge < -0.3 is 15.2 Å². The van der Waals surface area contributed by atoms with Gasteiger partial charge in [0.15, 0.2) is 5.96 Å². The molecular weight excluding hydrogens is 473 g/mol. The van der Waals surface area contributed by atoms with Crippen LogP contribution in [0.1, 0.15) is 30.1 Å². The monoisotopic (exact) mass is 503 g/mol. The summed E-state index contributed by atoms with van der Waals surface area (Å²) in [7, 11) is 0. The van der Waals surface area contributed by atoms with E-state index in [1.54, 1.807) is 11.2 Å². The standard InChI is InChI=1S/C18H29N7S.HI/c1-3-17-23-22-14-25(17)11-8-21-18(19-4-2)20-7-10-24-9-5-16-15(13-24)6-12-26-16;/h6,12,14H,3-5,7-11,13H2,1-2H3,(H2,19,20,21);1H. The third-order valence-corrected chi connectivity index (χ3v) is 5.60. The van der Waals surface area contributed by atoms with E-state index in [2.05, 4.69) is 55.6 Å². The Labute approximate surface area is 182 Å². The van der Waals surface area contributed by atoms with Crippen molar-refractivity contribution in [2.24, 2.45) is 4.99 Å². The summed E-state index contributed by atoms with van der Waals surface area (Å²) in [6.45, 7) is 10.7. The maximum atomic E-state index is 4.73. The summed E-state index contributed by atoms with van der Waals surface area (Å²) in [5.74, 6) is 1.90. The van der Waals surface area contributed by atoms with Crippen LogP contribution >= 0.6 is 35.3 Å². The molecule has 1 aliphatic rings. The second-order valence-corrected chi connectivity index (χ2v) is 7.38. The molecule has 9 heteroatoms. The van der Waals surface area contributed by atoms with E-state index in [0.29, 0.717) is 0 Å². The number of hydrogen-bond acceptors (Lipinski definition) is 5. The molecule has 0 fully saturated rings. The van der Waals surface area contributed by atoms with Crippen molar-refractivity contribution >= 4 is 41.3 Å². The van der Waals surface area contributed by atoms with E-state index in [9.17, 15) is 0 Å². The van der Waals surface area contributed by atoms with E-state index in [4.69, 9.17) is 4.99 Å². The van der Waals surface area contributed by atoms with Crippen LogP contribution in [0.2, 0.25) is 0 Å². The summed E-state index contributed by atoms with van der Waals surface area (Å²) in [6, 6.07) is 2.26. The Morgan fingerprint density at radius 2 is 2.19 bits per heavy atom. The summed E-state index contributed by atoms with van der Waals surface area (Å²) in [5, 5.41) is 17.0. The van der Waals surface area contributed by atoms with E-state index < -0.39 is 0 Å². The zero-order valence-electron chi connectivity index (χ0n) is 16.1. The molecule has 3 rings (SSSR count). The average Bonchev–Trinajstić information content (AvgIpc) is 3.30. The molecule has 7 nitrogen and oxygen atoms in total.